The first kappa shape index (κ1) is 17.9. The van der Waals surface area contributed by atoms with E-state index < -0.39 is 0 Å². The Morgan fingerprint density at radius 3 is 2.92 bits per heavy atom. The predicted octanol–water partition coefficient (Wildman–Crippen LogP) is 4.66. The molecule has 5 nitrogen and oxygen atoms in total. The minimum absolute atomic E-state index is 0.131. The number of amides is 1. The third kappa shape index (κ3) is 4.02. The van der Waals surface area contributed by atoms with Crippen LogP contribution in [-0.4, -0.2) is 17.9 Å². The van der Waals surface area contributed by atoms with E-state index in [0.29, 0.717) is 22.7 Å². The van der Waals surface area contributed by atoms with Gasteiger partial charge in [0.05, 0.1) is 17.9 Å². The monoisotopic (exact) mass is 365 g/mol. The molecular formula is C20H19N3O2S. The van der Waals surface area contributed by atoms with Gasteiger partial charge in [-0.2, -0.15) is 5.26 Å². The van der Waals surface area contributed by atoms with Crippen molar-refractivity contribution >= 4 is 22.2 Å². The lowest BCUT2D eigenvalue weighted by molar-refractivity contribution is 0.102. The van der Waals surface area contributed by atoms with Crippen molar-refractivity contribution in [2.24, 2.45) is 0 Å². The zero-order valence-electron chi connectivity index (χ0n) is 14.6. The van der Waals surface area contributed by atoms with Gasteiger partial charge < -0.3 is 9.73 Å². The van der Waals surface area contributed by atoms with Gasteiger partial charge in [-0.25, -0.2) is 0 Å². The molecule has 0 aliphatic rings. The summed E-state index contributed by atoms with van der Waals surface area (Å²) in [5.74, 6) is 0.690. The summed E-state index contributed by atoms with van der Waals surface area (Å²) in [6.07, 6.45) is 1.67. The van der Waals surface area contributed by atoms with Crippen molar-refractivity contribution in [2.45, 2.75) is 19.5 Å². The summed E-state index contributed by atoms with van der Waals surface area (Å²) in [6.45, 7) is 2.76. The SMILES string of the molecule is C[C@@H](c1ccco1)N(C)Cc1cccc(C(=O)Nc2sccc2C#N)c1. The molecule has 0 aliphatic heterocycles. The van der Waals surface area contributed by atoms with Crippen LogP contribution >= 0.6 is 11.3 Å². The fourth-order valence-electron chi connectivity index (χ4n) is 2.65. The number of hydrogen-bond acceptors (Lipinski definition) is 5. The molecule has 0 aliphatic carbocycles. The molecule has 0 unspecified atom stereocenters. The van der Waals surface area contributed by atoms with Crippen molar-refractivity contribution in [1.82, 2.24) is 4.90 Å². The molecule has 0 saturated heterocycles. The lowest BCUT2D eigenvalue weighted by atomic mass is 10.1. The second-order valence-corrected chi connectivity index (χ2v) is 6.95. The van der Waals surface area contributed by atoms with E-state index in [0.717, 1.165) is 11.3 Å². The zero-order valence-corrected chi connectivity index (χ0v) is 15.4. The Labute approximate surface area is 156 Å². The van der Waals surface area contributed by atoms with E-state index in [1.807, 2.05) is 37.4 Å². The Bertz CT molecular complexity index is 925. The fourth-order valence-corrected chi connectivity index (χ4v) is 3.38. The molecule has 6 heteroatoms. The highest BCUT2D eigenvalue weighted by atomic mass is 32.1. The molecule has 2 heterocycles. The number of nitrogens with zero attached hydrogens (tertiary/aromatic N) is 2. The van der Waals surface area contributed by atoms with Crippen LogP contribution in [0.3, 0.4) is 0 Å². The van der Waals surface area contributed by atoms with Crippen molar-refractivity contribution in [2.75, 3.05) is 12.4 Å². The average molecular weight is 365 g/mol. The van der Waals surface area contributed by atoms with Crippen LogP contribution < -0.4 is 5.32 Å². The topological polar surface area (TPSA) is 69.3 Å². The maximum absolute atomic E-state index is 12.5. The van der Waals surface area contributed by atoms with Crippen LogP contribution in [0.5, 0.6) is 0 Å². The zero-order chi connectivity index (χ0) is 18.5. The first-order chi connectivity index (χ1) is 12.6. The maximum atomic E-state index is 12.5. The van der Waals surface area contributed by atoms with Gasteiger partial charge in [0.25, 0.3) is 5.91 Å². The van der Waals surface area contributed by atoms with Crippen LogP contribution in [0.15, 0.2) is 58.5 Å². The van der Waals surface area contributed by atoms with Gasteiger partial charge in [-0.15, -0.1) is 11.3 Å². The summed E-state index contributed by atoms with van der Waals surface area (Å²) in [7, 11) is 2.02. The maximum Gasteiger partial charge on any atom is 0.256 e. The molecule has 3 rings (SSSR count). The molecule has 1 aromatic carbocycles. The van der Waals surface area contributed by atoms with Gasteiger partial charge in [0.1, 0.15) is 16.8 Å². The smallest absolute Gasteiger partial charge is 0.256 e. The molecule has 1 atom stereocenters. The first-order valence-corrected chi connectivity index (χ1v) is 9.08. The number of carbonyl (C=O) groups is 1. The van der Waals surface area contributed by atoms with Crippen LogP contribution in [0.25, 0.3) is 0 Å². The Morgan fingerprint density at radius 1 is 1.35 bits per heavy atom. The molecule has 3 aromatic rings. The third-order valence-corrected chi connectivity index (χ3v) is 5.08. The molecule has 0 bridgehead atoms. The average Bonchev–Trinajstić information content (AvgIpc) is 3.33. The van der Waals surface area contributed by atoms with Crippen molar-refractivity contribution in [1.29, 1.82) is 5.26 Å². The van der Waals surface area contributed by atoms with Crippen LogP contribution in [0.1, 0.15) is 40.2 Å². The number of nitriles is 1. The van der Waals surface area contributed by atoms with Crippen LogP contribution in [0, 0.1) is 11.3 Å². The number of thiophene rings is 1. The summed E-state index contributed by atoms with van der Waals surface area (Å²) in [5, 5.41) is 14.2. The Morgan fingerprint density at radius 2 is 2.19 bits per heavy atom. The highest BCUT2D eigenvalue weighted by Crippen LogP contribution is 2.24. The summed E-state index contributed by atoms with van der Waals surface area (Å²) >= 11 is 1.34. The van der Waals surface area contributed by atoms with E-state index in [2.05, 4.69) is 23.2 Å². The second kappa shape index (κ2) is 8.00. The van der Waals surface area contributed by atoms with Crippen LogP contribution in [0.2, 0.25) is 0 Å². The summed E-state index contributed by atoms with van der Waals surface area (Å²) in [4.78, 5) is 14.7. The van der Waals surface area contributed by atoms with E-state index in [9.17, 15) is 4.79 Å². The lowest BCUT2D eigenvalue weighted by Gasteiger charge is -2.23. The summed E-state index contributed by atoms with van der Waals surface area (Å²) in [6, 6.07) is 15.3. The van der Waals surface area contributed by atoms with Crippen molar-refractivity contribution in [3.8, 4) is 6.07 Å². The second-order valence-electron chi connectivity index (χ2n) is 6.04. The first-order valence-electron chi connectivity index (χ1n) is 8.20. The van der Waals surface area contributed by atoms with Gasteiger partial charge in [-0.05, 0) is 55.2 Å². The summed E-state index contributed by atoms with van der Waals surface area (Å²) < 4.78 is 5.47. The molecule has 0 spiro atoms. The molecule has 26 heavy (non-hydrogen) atoms. The molecule has 1 N–H and O–H groups in total. The van der Waals surface area contributed by atoms with E-state index in [1.165, 1.54) is 11.3 Å². The van der Waals surface area contributed by atoms with Gasteiger partial charge >= 0.3 is 0 Å². The van der Waals surface area contributed by atoms with Gasteiger partial charge in [-0.1, -0.05) is 12.1 Å². The number of benzene rings is 1. The number of hydrogen-bond donors (Lipinski definition) is 1. The van der Waals surface area contributed by atoms with Crippen molar-refractivity contribution < 1.29 is 9.21 Å². The highest BCUT2D eigenvalue weighted by molar-refractivity contribution is 7.14. The molecule has 0 radical (unpaired) electrons. The van der Waals surface area contributed by atoms with E-state index in [1.54, 1.807) is 23.8 Å². The third-order valence-electron chi connectivity index (χ3n) is 4.25. The molecule has 2 aromatic heterocycles. The largest absolute Gasteiger partial charge is 0.468 e. The number of rotatable bonds is 6. The van der Waals surface area contributed by atoms with Crippen LogP contribution in [0.4, 0.5) is 5.00 Å². The molecule has 132 valence electrons. The van der Waals surface area contributed by atoms with Gasteiger partial charge in [-0.3, -0.25) is 9.69 Å². The number of carbonyl (C=O) groups excluding carboxylic acids is 1. The van der Waals surface area contributed by atoms with E-state index in [4.69, 9.17) is 9.68 Å². The predicted molar refractivity (Wildman–Crippen MR) is 102 cm³/mol. The van der Waals surface area contributed by atoms with Crippen molar-refractivity contribution in [3.63, 3.8) is 0 Å². The quantitative estimate of drug-likeness (QED) is 0.690. The number of furan rings is 1. The van der Waals surface area contributed by atoms with Crippen molar-refractivity contribution in [3.05, 3.63) is 76.6 Å². The van der Waals surface area contributed by atoms with E-state index >= 15 is 0 Å². The normalized spacial score (nSPS) is 11.9. The number of anilines is 1. The molecule has 0 fully saturated rings. The van der Waals surface area contributed by atoms with Crippen LogP contribution in [-0.2, 0) is 6.54 Å². The van der Waals surface area contributed by atoms with Gasteiger partial charge in [0, 0.05) is 12.1 Å². The standard InChI is InChI=1S/C20H19N3O2S/c1-14(18-7-4-9-25-18)23(2)13-15-5-3-6-16(11-15)19(24)22-20-17(12-21)8-10-26-20/h3-11,14H,13H2,1-2H3,(H,22,24)/t14-/m0/s1. The fraction of sp³-hybridized carbons (Fsp3) is 0.200. The van der Waals surface area contributed by atoms with Gasteiger partial charge in [0.15, 0.2) is 0 Å². The Balaban J connectivity index is 1.70. The molecular weight excluding hydrogens is 346 g/mol. The van der Waals surface area contributed by atoms with E-state index in [-0.39, 0.29) is 11.9 Å². The van der Waals surface area contributed by atoms with Gasteiger partial charge in [0.2, 0.25) is 0 Å². The minimum Gasteiger partial charge on any atom is -0.468 e. The Kier molecular flexibility index (Phi) is 5.52. The molecule has 0 saturated carbocycles. The molecule has 1 amide bonds. The lowest BCUT2D eigenvalue weighted by Crippen LogP contribution is -2.22. The highest BCUT2D eigenvalue weighted by Gasteiger charge is 2.15. The Hall–Kier alpha value is -2.88. The summed E-state index contributed by atoms with van der Waals surface area (Å²) in [5.41, 5.74) is 2.08. The minimum atomic E-state index is -0.215. The number of nitrogens with one attached hydrogen (secondary N) is 1.